The molecular weight excluding hydrogens is 304 g/mol. The van der Waals surface area contributed by atoms with Crippen molar-refractivity contribution in [2.45, 2.75) is 25.8 Å². The van der Waals surface area contributed by atoms with E-state index >= 15 is 0 Å². The Morgan fingerprint density at radius 1 is 1.04 bits per heavy atom. The number of nitrogens with one attached hydrogen (secondary N) is 1. The number of hydrogen-bond acceptors (Lipinski definition) is 3. The standard InChI is InChI=1S/C19H18N2O3/c1-13(22)14-7-9-15(10-8-14)20-19(24)17-11-12-18(23)21(17)16-5-3-2-4-6-16/h2-10,17H,11-12H2,1H3,(H,20,24). The summed E-state index contributed by atoms with van der Waals surface area (Å²) >= 11 is 0. The van der Waals surface area contributed by atoms with Crippen LogP contribution in [0.1, 0.15) is 30.1 Å². The number of carbonyl (C=O) groups excluding carboxylic acids is 3. The largest absolute Gasteiger partial charge is 0.324 e. The number of anilines is 2. The third-order valence-corrected chi connectivity index (χ3v) is 4.11. The van der Waals surface area contributed by atoms with Gasteiger partial charge < -0.3 is 5.32 Å². The molecule has 1 heterocycles. The fourth-order valence-corrected chi connectivity index (χ4v) is 2.86. The summed E-state index contributed by atoms with van der Waals surface area (Å²) in [5, 5.41) is 2.83. The van der Waals surface area contributed by atoms with E-state index in [1.165, 1.54) is 6.92 Å². The smallest absolute Gasteiger partial charge is 0.247 e. The van der Waals surface area contributed by atoms with E-state index < -0.39 is 6.04 Å². The van der Waals surface area contributed by atoms with Gasteiger partial charge in [-0.2, -0.15) is 0 Å². The van der Waals surface area contributed by atoms with E-state index in [2.05, 4.69) is 5.32 Å². The zero-order chi connectivity index (χ0) is 17.1. The first kappa shape index (κ1) is 15.9. The SMILES string of the molecule is CC(=O)c1ccc(NC(=O)C2CCC(=O)N2c2ccccc2)cc1. The van der Waals surface area contributed by atoms with Gasteiger partial charge in [0.15, 0.2) is 5.78 Å². The van der Waals surface area contributed by atoms with E-state index in [4.69, 9.17) is 0 Å². The Kier molecular flexibility index (Phi) is 4.42. The van der Waals surface area contributed by atoms with Crippen LogP contribution in [0.2, 0.25) is 0 Å². The predicted molar refractivity (Wildman–Crippen MR) is 92.0 cm³/mol. The highest BCUT2D eigenvalue weighted by atomic mass is 16.2. The number of carbonyl (C=O) groups is 3. The number of amides is 2. The molecule has 1 unspecified atom stereocenters. The number of para-hydroxylation sites is 1. The Morgan fingerprint density at radius 3 is 2.33 bits per heavy atom. The third kappa shape index (κ3) is 3.20. The minimum atomic E-state index is -0.521. The molecule has 122 valence electrons. The predicted octanol–water partition coefficient (Wildman–Crippen LogP) is 3.02. The molecule has 3 rings (SSSR count). The molecule has 0 spiro atoms. The molecule has 1 N–H and O–H groups in total. The quantitative estimate of drug-likeness (QED) is 0.880. The van der Waals surface area contributed by atoms with Gasteiger partial charge in [0.25, 0.3) is 0 Å². The number of ketones is 1. The summed E-state index contributed by atoms with van der Waals surface area (Å²) in [7, 11) is 0. The van der Waals surface area contributed by atoms with Gasteiger partial charge in [-0.25, -0.2) is 0 Å². The van der Waals surface area contributed by atoms with Crippen molar-refractivity contribution in [1.29, 1.82) is 0 Å². The zero-order valence-electron chi connectivity index (χ0n) is 13.4. The first-order valence-corrected chi connectivity index (χ1v) is 7.85. The summed E-state index contributed by atoms with van der Waals surface area (Å²) in [6, 6.07) is 15.4. The molecule has 5 nitrogen and oxygen atoms in total. The van der Waals surface area contributed by atoms with E-state index in [0.717, 1.165) is 5.69 Å². The van der Waals surface area contributed by atoms with E-state index in [0.29, 0.717) is 24.1 Å². The first-order valence-electron chi connectivity index (χ1n) is 7.85. The summed E-state index contributed by atoms with van der Waals surface area (Å²) in [4.78, 5) is 37.6. The molecular formula is C19H18N2O3. The molecule has 2 amide bonds. The second-order valence-corrected chi connectivity index (χ2v) is 5.78. The molecule has 24 heavy (non-hydrogen) atoms. The van der Waals surface area contributed by atoms with Gasteiger partial charge in [-0.15, -0.1) is 0 Å². The molecule has 2 aromatic rings. The first-order chi connectivity index (χ1) is 11.6. The van der Waals surface area contributed by atoms with Crippen LogP contribution in [0.5, 0.6) is 0 Å². The van der Waals surface area contributed by atoms with Gasteiger partial charge in [-0.05, 0) is 49.7 Å². The summed E-state index contributed by atoms with van der Waals surface area (Å²) in [5.74, 6) is -0.293. The lowest BCUT2D eigenvalue weighted by Gasteiger charge is -2.24. The summed E-state index contributed by atoms with van der Waals surface area (Å²) < 4.78 is 0. The molecule has 1 fully saturated rings. The Hall–Kier alpha value is -2.95. The van der Waals surface area contributed by atoms with Gasteiger partial charge in [0.2, 0.25) is 11.8 Å². The lowest BCUT2D eigenvalue weighted by atomic mass is 10.1. The van der Waals surface area contributed by atoms with Crippen LogP contribution in [0.25, 0.3) is 0 Å². The lowest BCUT2D eigenvalue weighted by Crippen LogP contribution is -2.41. The van der Waals surface area contributed by atoms with Gasteiger partial charge >= 0.3 is 0 Å². The van der Waals surface area contributed by atoms with Crippen molar-refractivity contribution in [2.75, 3.05) is 10.2 Å². The molecule has 1 atom stereocenters. The van der Waals surface area contributed by atoms with Gasteiger partial charge in [-0.3, -0.25) is 19.3 Å². The van der Waals surface area contributed by atoms with E-state index in [1.807, 2.05) is 30.3 Å². The summed E-state index contributed by atoms with van der Waals surface area (Å²) in [6.07, 6.45) is 0.849. The van der Waals surface area contributed by atoms with Crippen LogP contribution in [0.15, 0.2) is 54.6 Å². The molecule has 1 aliphatic heterocycles. The maximum Gasteiger partial charge on any atom is 0.247 e. The highest BCUT2D eigenvalue weighted by molar-refractivity contribution is 6.07. The van der Waals surface area contributed by atoms with Crippen molar-refractivity contribution in [3.63, 3.8) is 0 Å². The van der Waals surface area contributed by atoms with Gasteiger partial charge in [0.05, 0.1) is 0 Å². The Bertz CT molecular complexity index is 769. The van der Waals surface area contributed by atoms with Crippen LogP contribution in [-0.2, 0) is 9.59 Å². The van der Waals surface area contributed by atoms with Crippen molar-refractivity contribution < 1.29 is 14.4 Å². The molecule has 2 aromatic carbocycles. The van der Waals surface area contributed by atoms with Crippen LogP contribution in [0, 0.1) is 0 Å². The number of Topliss-reactive ketones (excluding diaryl/α,β-unsaturated/α-hetero) is 1. The molecule has 1 saturated heterocycles. The highest BCUT2D eigenvalue weighted by Gasteiger charge is 2.36. The van der Waals surface area contributed by atoms with Crippen molar-refractivity contribution in [3.8, 4) is 0 Å². The monoisotopic (exact) mass is 322 g/mol. The Balaban J connectivity index is 1.76. The van der Waals surface area contributed by atoms with Crippen LogP contribution in [0.3, 0.4) is 0 Å². The maximum atomic E-state index is 12.6. The van der Waals surface area contributed by atoms with Crippen molar-refractivity contribution in [1.82, 2.24) is 0 Å². The fraction of sp³-hybridized carbons (Fsp3) is 0.211. The second kappa shape index (κ2) is 6.66. The number of hydrogen-bond donors (Lipinski definition) is 1. The molecule has 5 heteroatoms. The minimum Gasteiger partial charge on any atom is -0.324 e. The van der Waals surface area contributed by atoms with Crippen molar-refractivity contribution in [3.05, 3.63) is 60.2 Å². The molecule has 0 aromatic heterocycles. The lowest BCUT2D eigenvalue weighted by molar-refractivity contribution is -0.120. The Morgan fingerprint density at radius 2 is 1.71 bits per heavy atom. The van der Waals surface area contributed by atoms with Gasteiger partial charge in [0.1, 0.15) is 6.04 Å². The van der Waals surface area contributed by atoms with Crippen LogP contribution >= 0.6 is 0 Å². The second-order valence-electron chi connectivity index (χ2n) is 5.78. The number of nitrogens with zero attached hydrogens (tertiary/aromatic N) is 1. The number of rotatable bonds is 4. The summed E-state index contributed by atoms with van der Waals surface area (Å²) in [6.45, 7) is 1.50. The normalized spacial score (nSPS) is 17.0. The number of benzene rings is 2. The average molecular weight is 322 g/mol. The molecule has 0 bridgehead atoms. The molecule has 0 radical (unpaired) electrons. The highest BCUT2D eigenvalue weighted by Crippen LogP contribution is 2.27. The van der Waals surface area contributed by atoms with Gasteiger partial charge in [-0.1, -0.05) is 18.2 Å². The van der Waals surface area contributed by atoms with Crippen molar-refractivity contribution in [2.24, 2.45) is 0 Å². The van der Waals surface area contributed by atoms with E-state index in [-0.39, 0.29) is 17.6 Å². The van der Waals surface area contributed by atoms with Crippen molar-refractivity contribution >= 4 is 29.0 Å². The van der Waals surface area contributed by atoms with Crippen LogP contribution in [-0.4, -0.2) is 23.6 Å². The minimum absolute atomic E-state index is 0.0236. The molecule has 0 saturated carbocycles. The maximum absolute atomic E-state index is 12.6. The molecule has 0 aliphatic carbocycles. The average Bonchev–Trinajstić information content (AvgIpc) is 2.98. The van der Waals surface area contributed by atoms with Crippen LogP contribution < -0.4 is 10.2 Å². The van der Waals surface area contributed by atoms with Gasteiger partial charge in [0, 0.05) is 23.4 Å². The summed E-state index contributed by atoms with van der Waals surface area (Å²) in [5.41, 5.74) is 1.93. The third-order valence-electron chi connectivity index (χ3n) is 4.11. The van der Waals surface area contributed by atoms with E-state index in [9.17, 15) is 14.4 Å². The fourth-order valence-electron chi connectivity index (χ4n) is 2.86. The topological polar surface area (TPSA) is 66.5 Å². The molecule has 1 aliphatic rings. The van der Waals surface area contributed by atoms with E-state index in [1.54, 1.807) is 29.2 Å². The van der Waals surface area contributed by atoms with Crippen LogP contribution in [0.4, 0.5) is 11.4 Å². The zero-order valence-corrected chi connectivity index (χ0v) is 13.4. The Labute approximate surface area is 140 Å².